The maximum atomic E-state index is 10.5. The van der Waals surface area contributed by atoms with Gasteiger partial charge in [-0.05, 0) is 41.0 Å². The molecule has 0 aliphatic rings. The highest BCUT2D eigenvalue weighted by Crippen LogP contribution is 2.32. The van der Waals surface area contributed by atoms with Crippen LogP contribution in [0.5, 0.6) is 5.75 Å². The summed E-state index contributed by atoms with van der Waals surface area (Å²) in [7, 11) is 0. The smallest absolute Gasteiger partial charge is 0.135 e. The Morgan fingerprint density at radius 2 is 1.00 bits per heavy atom. The molecule has 0 fully saturated rings. The Morgan fingerprint density at radius 1 is 0.750 bits per heavy atom. The molecule has 0 unspecified atom stereocenters. The number of hydrogen-bond acceptors (Lipinski definition) is 3. The van der Waals surface area contributed by atoms with Crippen molar-refractivity contribution in [3.05, 3.63) is 29.3 Å². The molecular formula is C25H44O3. The molecule has 0 spiro atoms. The fourth-order valence-corrected chi connectivity index (χ4v) is 1.48. The summed E-state index contributed by atoms with van der Waals surface area (Å²) in [5.74, 6) is 0.611. The van der Waals surface area contributed by atoms with Gasteiger partial charge in [0.15, 0.2) is 0 Å². The van der Waals surface area contributed by atoms with E-state index in [1.54, 1.807) is 6.92 Å². The summed E-state index contributed by atoms with van der Waals surface area (Å²) in [5, 5.41) is 9.72. The Labute approximate surface area is 173 Å². The number of carbonyl (C=O) groups is 2. The van der Waals surface area contributed by atoms with Gasteiger partial charge in [0.1, 0.15) is 17.8 Å². The largest absolute Gasteiger partial charge is 0.508 e. The van der Waals surface area contributed by atoms with Crippen LogP contribution in [0.2, 0.25) is 0 Å². The molecule has 0 saturated carbocycles. The van der Waals surface area contributed by atoms with Crippen LogP contribution in [0.1, 0.15) is 101 Å². The number of aldehydes is 1. The first kappa shape index (κ1) is 28.6. The van der Waals surface area contributed by atoms with E-state index in [1.165, 1.54) is 11.1 Å². The second kappa shape index (κ2) is 10.2. The Bertz CT molecular complexity index is 595. The van der Waals surface area contributed by atoms with Gasteiger partial charge in [0.25, 0.3) is 0 Å². The van der Waals surface area contributed by atoms with E-state index in [1.807, 2.05) is 53.7 Å². The maximum Gasteiger partial charge on any atom is 0.135 e. The quantitative estimate of drug-likeness (QED) is 0.492. The van der Waals surface area contributed by atoms with Gasteiger partial charge >= 0.3 is 0 Å². The topological polar surface area (TPSA) is 54.4 Å². The lowest BCUT2D eigenvalue weighted by Gasteiger charge is -2.25. The molecule has 0 aliphatic heterocycles. The summed E-state index contributed by atoms with van der Waals surface area (Å²) < 4.78 is 0. The Hall–Kier alpha value is -1.64. The van der Waals surface area contributed by atoms with Crippen LogP contribution in [0.25, 0.3) is 0 Å². The molecule has 1 N–H and O–H groups in total. The maximum absolute atomic E-state index is 10.5. The number of rotatable bonds is 0. The monoisotopic (exact) mass is 392 g/mol. The number of aromatic hydroxyl groups is 1. The molecule has 1 aromatic rings. The van der Waals surface area contributed by atoms with Crippen molar-refractivity contribution >= 4 is 12.1 Å². The third-order valence-electron chi connectivity index (χ3n) is 4.06. The summed E-state index contributed by atoms with van der Waals surface area (Å²) in [6.07, 6.45) is 0.938. The van der Waals surface area contributed by atoms with E-state index in [0.717, 1.165) is 6.29 Å². The SMILES string of the molecule is CC(=O)C(C)(C)C.CC(C)(C)C=O.CC(C)(C)c1cc(O)cc(C(C)(C)C)c1. The molecule has 162 valence electrons. The van der Waals surface area contributed by atoms with E-state index in [9.17, 15) is 14.7 Å². The fraction of sp³-hybridized carbons (Fsp3) is 0.680. The van der Waals surface area contributed by atoms with Gasteiger partial charge in [-0.1, -0.05) is 89.2 Å². The Balaban J connectivity index is 0. The van der Waals surface area contributed by atoms with Crippen molar-refractivity contribution in [3.8, 4) is 5.75 Å². The van der Waals surface area contributed by atoms with E-state index in [2.05, 4.69) is 47.6 Å². The summed E-state index contributed by atoms with van der Waals surface area (Å²) in [6.45, 7) is 25.9. The lowest BCUT2D eigenvalue weighted by atomic mass is 9.80. The van der Waals surface area contributed by atoms with Gasteiger partial charge in [0, 0.05) is 10.8 Å². The zero-order valence-electron chi connectivity index (χ0n) is 20.6. The molecule has 28 heavy (non-hydrogen) atoms. The van der Waals surface area contributed by atoms with Crippen LogP contribution >= 0.6 is 0 Å². The first-order valence-electron chi connectivity index (χ1n) is 9.93. The molecule has 3 nitrogen and oxygen atoms in total. The third kappa shape index (κ3) is 13.5. The van der Waals surface area contributed by atoms with E-state index >= 15 is 0 Å². The molecule has 1 aromatic carbocycles. The van der Waals surface area contributed by atoms with Crippen molar-refractivity contribution in [1.29, 1.82) is 0 Å². The number of phenolic OH excluding ortho intramolecular Hbond substituents is 1. The number of phenols is 1. The third-order valence-corrected chi connectivity index (χ3v) is 4.06. The molecule has 0 amide bonds. The van der Waals surface area contributed by atoms with Gasteiger partial charge in [0.05, 0.1) is 0 Å². The van der Waals surface area contributed by atoms with Crippen molar-refractivity contribution in [1.82, 2.24) is 0 Å². The van der Waals surface area contributed by atoms with Crippen LogP contribution in [0.4, 0.5) is 0 Å². The van der Waals surface area contributed by atoms with Crippen LogP contribution in [-0.4, -0.2) is 17.2 Å². The molecular weight excluding hydrogens is 348 g/mol. The average Bonchev–Trinajstić information content (AvgIpc) is 2.44. The number of ketones is 1. The molecule has 0 heterocycles. The summed E-state index contributed by atoms with van der Waals surface area (Å²) in [6, 6.07) is 5.91. The van der Waals surface area contributed by atoms with Crippen LogP contribution < -0.4 is 0 Å². The highest BCUT2D eigenvalue weighted by Gasteiger charge is 2.20. The highest BCUT2D eigenvalue weighted by molar-refractivity contribution is 5.80. The highest BCUT2D eigenvalue weighted by atomic mass is 16.3. The minimum absolute atomic E-state index is 0.0821. The fourth-order valence-electron chi connectivity index (χ4n) is 1.48. The first-order chi connectivity index (χ1) is 12.1. The second-order valence-corrected chi connectivity index (χ2v) is 11.6. The number of hydrogen-bond donors (Lipinski definition) is 1. The second-order valence-electron chi connectivity index (χ2n) is 11.6. The van der Waals surface area contributed by atoms with E-state index < -0.39 is 0 Å². The van der Waals surface area contributed by atoms with Gasteiger partial charge in [-0.25, -0.2) is 0 Å². The molecule has 3 heteroatoms. The predicted octanol–water partition coefficient (Wildman–Crippen LogP) is 6.84. The molecule has 0 aliphatic carbocycles. The first-order valence-corrected chi connectivity index (χ1v) is 9.93. The van der Waals surface area contributed by atoms with Gasteiger partial charge < -0.3 is 9.90 Å². The van der Waals surface area contributed by atoms with Crippen molar-refractivity contribution in [2.24, 2.45) is 10.8 Å². The van der Waals surface area contributed by atoms with E-state index in [4.69, 9.17) is 0 Å². The molecule has 0 atom stereocenters. The van der Waals surface area contributed by atoms with Crippen molar-refractivity contribution in [2.45, 2.75) is 101 Å². The summed E-state index contributed by atoms with van der Waals surface area (Å²) >= 11 is 0. The Morgan fingerprint density at radius 3 is 1.14 bits per heavy atom. The predicted molar refractivity (Wildman–Crippen MR) is 121 cm³/mol. The molecule has 1 rings (SSSR count). The number of carbonyl (C=O) groups excluding carboxylic acids is 2. The summed E-state index contributed by atoms with van der Waals surface area (Å²) in [4.78, 5) is 20.3. The van der Waals surface area contributed by atoms with E-state index in [-0.39, 0.29) is 27.4 Å². The molecule has 0 bridgehead atoms. The molecule has 0 saturated heterocycles. The lowest BCUT2D eigenvalue weighted by Crippen LogP contribution is -2.15. The van der Waals surface area contributed by atoms with Crippen molar-refractivity contribution < 1.29 is 14.7 Å². The van der Waals surface area contributed by atoms with Gasteiger partial charge in [-0.15, -0.1) is 0 Å². The average molecular weight is 393 g/mol. The van der Waals surface area contributed by atoms with Crippen LogP contribution in [0.15, 0.2) is 18.2 Å². The van der Waals surface area contributed by atoms with Crippen LogP contribution in [-0.2, 0) is 20.4 Å². The molecule has 0 aromatic heterocycles. The normalized spacial score (nSPS) is 12.2. The van der Waals surface area contributed by atoms with E-state index in [0.29, 0.717) is 5.75 Å². The minimum atomic E-state index is -0.139. The lowest BCUT2D eigenvalue weighted by molar-refractivity contribution is -0.124. The van der Waals surface area contributed by atoms with Crippen molar-refractivity contribution in [2.75, 3.05) is 0 Å². The molecule has 0 radical (unpaired) electrons. The standard InChI is InChI=1S/C14H22O.C6H12O.C5H10O/c1-13(2,3)10-7-11(14(4,5)6)9-12(15)8-10;1-5(7)6(2,3)4;1-5(2,3)4-6/h7-9,15H,1-6H3;1-4H3;4H,1-3H3. The summed E-state index contributed by atoms with van der Waals surface area (Å²) in [5.41, 5.74) is 2.26. The van der Waals surface area contributed by atoms with Crippen molar-refractivity contribution in [3.63, 3.8) is 0 Å². The van der Waals surface area contributed by atoms with Crippen LogP contribution in [0.3, 0.4) is 0 Å². The number of Topliss-reactive ketones (excluding diaryl/α,β-unsaturated/α-hetero) is 1. The Kier molecular flexibility index (Phi) is 10.4. The zero-order chi connectivity index (χ0) is 23.1. The zero-order valence-corrected chi connectivity index (χ0v) is 20.6. The van der Waals surface area contributed by atoms with Crippen LogP contribution in [0, 0.1) is 10.8 Å². The minimum Gasteiger partial charge on any atom is -0.508 e. The van der Waals surface area contributed by atoms with Gasteiger partial charge in [-0.2, -0.15) is 0 Å². The van der Waals surface area contributed by atoms with Gasteiger partial charge in [-0.3, -0.25) is 4.79 Å². The van der Waals surface area contributed by atoms with Gasteiger partial charge in [0.2, 0.25) is 0 Å². The number of benzene rings is 1.